The number of fused-ring (bicyclic) bond motifs is 8. The standard InChI is InChI=1S/C43H31N5/c1-43(2)33-17-7-12-22-39(33)48(40-27-44-24-23-34(40)43)42-26-28(46-35-18-8-3-13-29(35)30-14-4-9-19-36(30)46)25-41(45-42)47-37-20-10-5-15-31(37)32-16-6-11-21-38(32)47/h3-27H,1-2H3. The van der Waals surface area contributed by atoms with Gasteiger partial charge in [-0.1, -0.05) is 105 Å². The molecular formula is C43H31N5. The molecule has 0 spiro atoms. The minimum atomic E-state index is -0.203. The third-order valence-electron chi connectivity index (χ3n) is 10.2. The van der Waals surface area contributed by atoms with Gasteiger partial charge in [-0.05, 0) is 47.5 Å². The van der Waals surface area contributed by atoms with E-state index in [-0.39, 0.29) is 5.41 Å². The van der Waals surface area contributed by atoms with Crippen LogP contribution in [0.25, 0.3) is 55.1 Å². The number of benzene rings is 5. The Bertz CT molecular complexity index is 2440. The second kappa shape index (κ2) is 9.90. The molecule has 0 unspecified atom stereocenters. The fourth-order valence-electron chi connectivity index (χ4n) is 8.03. The molecule has 0 aliphatic carbocycles. The van der Waals surface area contributed by atoms with Crippen molar-refractivity contribution in [2.24, 2.45) is 0 Å². The van der Waals surface area contributed by atoms with Gasteiger partial charge in [0.2, 0.25) is 0 Å². The van der Waals surface area contributed by atoms with Gasteiger partial charge in [0, 0.05) is 45.3 Å². The van der Waals surface area contributed by atoms with E-state index in [9.17, 15) is 0 Å². The predicted molar refractivity (Wildman–Crippen MR) is 198 cm³/mol. The molecule has 0 N–H and O–H groups in total. The fourth-order valence-corrected chi connectivity index (χ4v) is 8.03. The van der Waals surface area contributed by atoms with Gasteiger partial charge in [0.15, 0.2) is 0 Å². The monoisotopic (exact) mass is 617 g/mol. The lowest BCUT2D eigenvalue weighted by Crippen LogP contribution is -2.31. The summed E-state index contributed by atoms with van der Waals surface area (Å²) < 4.78 is 4.70. The van der Waals surface area contributed by atoms with E-state index in [1.54, 1.807) is 0 Å². The topological polar surface area (TPSA) is 38.9 Å². The Hall–Kier alpha value is -6.20. The molecule has 0 saturated carbocycles. The number of anilines is 3. The van der Waals surface area contributed by atoms with Crippen LogP contribution in [0.15, 0.2) is 152 Å². The number of aromatic nitrogens is 4. The summed E-state index contributed by atoms with van der Waals surface area (Å²) in [5, 5.41) is 4.87. The quantitative estimate of drug-likeness (QED) is 0.198. The lowest BCUT2D eigenvalue weighted by molar-refractivity contribution is 0.630. The van der Waals surface area contributed by atoms with E-state index in [4.69, 9.17) is 4.98 Å². The van der Waals surface area contributed by atoms with E-state index >= 15 is 0 Å². The summed E-state index contributed by atoms with van der Waals surface area (Å²) in [5.74, 6) is 1.69. The Morgan fingerprint density at radius 1 is 0.479 bits per heavy atom. The van der Waals surface area contributed by atoms with Crippen LogP contribution in [-0.4, -0.2) is 19.1 Å². The molecule has 0 fully saturated rings. The summed E-state index contributed by atoms with van der Waals surface area (Å²) in [6, 6.07) is 50.0. The van der Waals surface area contributed by atoms with Crippen molar-refractivity contribution in [1.82, 2.24) is 19.1 Å². The number of pyridine rings is 2. The molecule has 5 heteroatoms. The lowest BCUT2D eigenvalue weighted by Gasteiger charge is -2.41. The summed E-state index contributed by atoms with van der Waals surface area (Å²) in [6.45, 7) is 4.60. The first-order valence-corrected chi connectivity index (χ1v) is 16.4. The molecule has 0 atom stereocenters. The average molecular weight is 618 g/mol. The maximum atomic E-state index is 5.56. The highest BCUT2D eigenvalue weighted by Crippen LogP contribution is 2.51. The molecule has 10 rings (SSSR count). The largest absolute Gasteiger partial charge is 0.309 e. The molecule has 9 aromatic rings. The van der Waals surface area contributed by atoms with Gasteiger partial charge in [-0.15, -0.1) is 0 Å². The molecule has 48 heavy (non-hydrogen) atoms. The van der Waals surface area contributed by atoms with Gasteiger partial charge >= 0.3 is 0 Å². The average Bonchev–Trinajstić information content (AvgIpc) is 3.65. The van der Waals surface area contributed by atoms with Gasteiger partial charge in [-0.2, -0.15) is 0 Å². The molecule has 5 aromatic carbocycles. The van der Waals surface area contributed by atoms with Crippen molar-refractivity contribution >= 4 is 60.8 Å². The molecule has 0 saturated heterocycles. The van der Waals surface area contributed by atoms with Crippen LogP contribution in [0.4, 0.5) is 17.2 Å². The molecular weight excluding hydrogens is 587 g/mol. The lowest BCUT2D eigenvalue weighted by atomic mass is 9.74. The number of hydrogen-bond acceptors (Lipinski definition) is 3. The maximum Gasteiger partial charge on any atom is 0.142 e. The molecule has 228 valence electrons. The van der Waals surface area contributed by atoms with E-state index in [0.29, 0.717) is 0 Å². The summed E-state index contributed by atoms with van der Waals surface area (Å²) in [7, 11) is 0. The van der Waals surface area contributed by atoms with Crippen LogP contribution in [-0.2, 0) is 5.41 Å². The minimum Gasteiger partial charge on any atom is -0.309 e. The van der Waals surface area contributed by atoms with Crippen LogP contribution in [0, 0.1) is 0 Å². The van der Waals surface area contributed by atoms with Crippen molar-refractivity contribution in [2.75, 3.05) is 4.90 Å². The van der Waals surface area contributed by atoms with Crippen molar-refractivity contribution < 1.29 is 0 Å². The first kappa shape index (κ1) is 27.0. The van der Waals surface area contributed by atoms with Gasteiger partial charge in [-0.3, -0.25) is 14.5 Å². The number of nitrogens with zero attached hydrogens (tertiary/aromatic N) is 5. The van der Waals surface area contributed by atoms with Crippen molar-refractivity contribution in [2.45, 2.75) is 19.3 Å². The van der Waals surface area contributed by atoms with E-state index in [2.05, 4.69) is 172 Å². The van der Waals surface area contributed by atoms with Gasteiger partial charge in [0.05, 0.1) is 45.3 Å². The zero-order valence-corrected chi connectivity index (χ0v) is 26.7. The van der Waals surface area contributed by atoms with Crippen LogP contribution in [0.5, 0.6) is 0 Å². The van der Waals surface area contributed by atoms with Crippen molar-refractivity contribution in [1.29, 1.82) is 0 Å². The van der Waals surface area contributed by atoms with Gasteiger partial charge < -0.3 is 4.57 Å². The Kier molecular flexibility index (Phi) is 5.56. The molecule has 1 aliphatic heterocycles. The molecule has 5 nitrogen and oxygen atoms in total. The summed E-state index contributed by atoms with van der Waals surface area (Å²) in [5.41, 5.74) is 10.0. The Labute approximate surface area is 278 Å². The highest BCUT2D eigenvalue weighted by atomic mass is 15.2. The first-order valence-electron chi connectivity index (χ1n) is 16.4. The zero-order valence-electron chi connectivity index (χ0n) is 26.7. The predicted octanol–water partition coefficient (Wildman–Crippen LogP) is 10.8. The van der Waals surface area contributed by atoms with E-state index in [1.807, 2.05) is 12.4 Å². The summed E-state index contributed by atoms with van der Waals surface area (Å²) in [6.07, 6.45) is 3.89. The van der Waals surface area contributed by atoms with Crippen molar-refractivity contribution in [3.63, 3.8) is 0 Å². The highest BCUT2D eigenvalue weighted by Gasteiger charge is 2.37. The fraction of sp³-hybridized carbons (Fsp3) is 0.0698. The van der Waals surface area contributed by atoms with E-state index in [0.717, 1.165) is 50.8 Å². The smallest absolute Gasteiger partial charge is 0.142 e. The Morgan fingerprint density at radius 3 is 1.56 bits per heavy atom. The minimum absolute atomic E-state index is 0.203. The Morgan fingerprint density at radius 2 is 0.958 bits per heavy atom. The van der Waals surface area contributed by atoms with E-state index in [1.165, 1.54) is 32.7 Å². The number of rotatable bonds is 3. The van der Waals surface area contributed by atoms with E-state index < -0.39 is 0 Å². The number of para-hydroxylation sites is 5. The highest BCUT2D eigenvalue weighted by molar-refractivity contribution is 6.10. The maximum absolute atomic E-state index is 5.56. The second-order valence-corrected chi connectivity index (χ2v) is 13.2. The van der Waals surface area contributed by atoms with Crippen LogP contribution in [0.1, 0.15) is 25.0 Å². The van der Waals surface area contributed by atoms with Crippen molar-refractivity contribution in [3.05, 3.63) is 163 Å². The van der Waals surface area contributed by atoms with Crippen LogP contribution >= 0.6 is 0 Å². The first-order chi connectivity index (χ1) is 23.6. The van der Waals surface area contributed by atoms with Crippen LogP contribution < -0.4 is 4.90 Å². The number of hydrogen-bond donors (Lipinski definition) is 0. The molecule has 0 amide bonds. The normalized spacial score (nSPS) is 13.8. The molecule has 1 aliphatic rings. The van der Waals surface area contributed by atoms with Gasteiger partial charge in [0.1, 0.15) is 11.6 Å². The SMILES string of the molecule is CC1(C)c2ccccc2N(c2cc(-n3c4ccccc4c4ccccc43)cc(-n3c4ccccc4c4ccccc43)n2)c2cnccc21. The third-order valence-corrected chi connectivity index (χ3v) is 10.2. The van der Waals surface area contributed by atoms with Crippen LogP contribution in [0.2, 0.25) is 0 Å². The Balaban J connectivity index is 1.35. The van der Waals surface area contributed by atoms with Gasteiger partial charge in [0.25, 0.3) is 0 Å². The molecule has 5 heterocycles. The van der Waals surface area contributed by atoms with Crippen molar-refractivity contribution in [3.8, 4) is 11.5 Å². The molecule has 0 bridgehead atoms. The van der Waals surface area contributed by atoms with Crippen LogP contribution in [0.3, 0.4) is 0 Å². The van der Waals surface area contributed by atoms with Gasteiger partial charge in [-0.25, -0.2) is 4.98 Å². The second-order valence-electron chi connectivity index (χ2n) is 13.2. The summed E-state index contributed by atoms with van der Waals surface area (Å²) >= 11 is 0. The third kappa shape index (κ3) is 3.67. The molecule has 4 aromatic heterocycles. The zero-order chi connectivity index (χ0) is 32.0. The summed E-state index contributed by atoms with van der Waals surface area (Å²) in [4.78, 5) is 12.5. The molecule has 0 radical (unpaired) electrons.